The van der Waals surface area contributed by atoms with Gasteiger partial charge in [-0.15, -0.1) is 0 Å². The third kappa shape index (κ3) is 7.16. The molecular weight excluding hydrogens is 417 g/mol. The predicted molar refractivity (Wildman–Crippen MR) is 108 cm³/mol. The Morgan fingerprint density at radius 2 is 1.97 bits per heavy atom. The number of benzene rings is 1. The fourth-order valence-electron chi connectivity index (χ4n) is 2.72. The van der Waals surface area contributed by atoms with E-state index < -0.39 is 25.2 Å². The van der Waals surface area contributed by atoms with Gasteiger partial charge in [0.25, 0.3) is 0 Å². The normalized spacial score (nSPS) is 16.0. The lowest BCUT2D eigenvalue weighted by Gasteiger charge is -2.16. The molecular formula is C18H25N3O6PS+. The van der Waals surface area contributed by atoms with E-state index in [1.54, 1.807) is 26.0 Å². The van der Waals surface area contributed by atoms with Crippen molar-refractivity contribution in [1.29, 1.82) is 10.7 Å². The zero-order valence-electron chi connectivity index (χ0n) is 16.5. The molecule has 1 aromatic rings. The van der Waals surface area contributed by atoms with Crippen LogP contribution in [0.4, 0.5) is 0 Å². The Labute approximate surface area is 171 Å². The number of hydrogen-bond donors (Lipinski definition) is 4. The zero-order chi connectivity index (χ0) is 21.8. The summed E-state index contributed by atoms with van der Waals surface area (Å²) >= 11 is 0. The van der Waals surface area contributed by atoms with E-state index in [1.807, 2.05) is 0 Å². The lowest BCUT2D eigenvalue weighted by Crippen LogP contribution is -2.84. The Morgan fingerprint density at radius 1 is 1.38 bits per heavy atom. The number of rotatable bonds is 10. The molecule has 1 aliphatic carbocycles. The molecule has 1 aromatic carbocycles. The number of hydrogen-bond acceptors (Lipinski definition) is 6. The molecule has 0 bridgehead atoms. The maximum atomic E-state index is 11.5. The molecule has 1 aliphatic rings. The first-order chi connectivity index (χ1) is 13.5. The van der Waals surface area contributed by atoms with E-state index in [-0.39, 0.29) is 29.0 Å². The average Bonchev–Trinajstić information content (AvgIpc) is 3.43. The number of allylic oxidation sites excluding steroid dienone is 1. The van der Waals surface area contributed by atoms with Crippen LogP contribution in [0, 0.1) is 36.5 Å². The Hall–Kier alpha value is -1.86. The number of quaternary nitrogens is 1. The summed E-state index contributed by atoms with van der Waals surface area (Å²) in [5, 5.41) is 19.2. The molecule has 9 nitrogen and oxygen atoms in total. The minimum atomic E-state index is -4.75. The van der Waals surface area contributed by atoms with Gasteiger partial charge in [0, 0.05) is 12.2 Å². The molecule has 0 radical (unpaired) electrons. The third-order valence-corrected chi connectivity index (χ3v) is 5.41. The molecule has 0 aliphatic heterocycles. The van der Waals surface area contributed by atoms with Crippen molar-refractivity contribution in [2.45, 2.75) is 26.7 Å². The largest absolute Gasteiger partial charge is 0.470 e. The molecule has 0 aromatic heterocycles. The van der Waals surface area contributed by atoms with Crippen molar-refractivity contribution in [1.82, 2.24) is 0 Å². The number of nitrogens with zero attached hydrogens (tertiary/aromatic N) is 1. The molecule has 1 saturated carbocycles. The molecule has 158 valence electrons. The minimum absolute atomic E-state index is 0.00356. The van der Waals surface area contributed by atoms with E-state index in [0.717, 1.165) is 12.8 Å². The van der Waals surface area contributed by atoms with Gasteiger partial charge in [0.05, 0.1) is 28.1 Å². The standard InChI is InChI=1S/C18H24N3O6PS/c1-11-6-14(7-12(2)15(11)8-19)27-18(17(20)13-4-5-13)16(21-10-29(3)25)9-26-28(22,23)24/h6-7,13,20-21H,4-5,9-10H2,1-3H3,(H2,22,23,24)/p+1/b18-16+,20-17?. The molecule has 1 fully saturated rings. The van der Waals surface area contributed by atoms with Gasteiger partial charge in [-0.2, -0.15) is 5.26 Å². The van der Waals surface area contributed by atoms with Crippen LogP contribution in [-0.2, 0) is 19.9 Å². The van der Waals surface area contributed by atoms with Crippen LogP contribution in [-0.4, -0.2) is 38.4 Å². The molecule has 2 rings (SSSR count). The summed E-state index contributed by atoms with van der Waals surface area (Å²) in [6.07, 6.45) is 3.14. The van der Waals surface area contributed by atoms with Gasteiger partial charge < -0.3 is 25.2 Å². The fourth-order valence-corrected chi connectivity index (χ4v) is 3.46. The number of nitrogens with two attached hydrogens (primary N) is 1. The first-order valence-electron chi connectivity index (χ1n) is 8.86. The van der Waals surface area contributed by atoms with E-state index >= 15 is 0 Å². The van der Waals surface area contributed by atoms with Gasteiger partial charge in [0.2, 0.25) is 5.76 Å². The van der Waals surface area contributed by atoms with Gasteiger partial charge in [-0.3, -0.25) is 8.73 Å². The molecule has 0 heterocycles. The van der Waals surface area contributed by atoms with Crippen molar-refractivity contribution < 1.29 is 33.1 Å². The summed E-state index contributed by atoms with van der Waals surface area (Å²) in [6.45, 7) is 3.07. The lowest BCUT2D eigenvalue weighted by atomic mass is 10.0. The van der Waals surface area contributed by atoms with Gasteiger partial charge >= 0.3 is 7.82 Å². The number of nitrogens with one attached hydrogen (secondary N) is 1. The van der Waals surface area contributed by atoms with Crippen molar-refractivity contribution in [3.05, 3.63) is 40.3 Å². The quantitative estimate of drug-likeness (QED) is 0.241. The van der Waals surface area contributed by atoms with Crippen molar-refractivity contribution in [2.75, 3.05) is 18.7 Å². The van der Waals surface area contributed by atoms with E-state index in [9.17, 15) is 14.0 Å². The average molecular weight is 442 g/mol. The van der Waals surface area contributed by atoms with Gasteiger partial charge in [0.15, 0.2) is 11.6 Å². The van der Waals surface area contributed by atoms with Gasteiger partial charge in [0.1, 0.15) is 12.4 Å². The smallest absolute Gasteiger partial charge is 0.449 e. The second-order valence-electron chi connectivity index (χ2n) is 6.90. The third-order valence-electron chi connectivity index (χ3n) is 4.31. The molecule has 11 heteroatoms. The monoisotopic (exact) mass is 442 g/mol. The summed E-state index contributed by atoms with van der Waals surface area (Å²) < 4.78 is 33.3. The second kappa shape index (κ2) is 9.76. The van der Waals surface area contributed by atoms with Crippen LogP contribution in [0.5, 0.6) is 5.75 Å². The Kier molecular flexibility index (Phi) is 7.88. The van der Waals surface area contributed by atoms with E-state index in [0.29, 0.717) is 22.4 Å². The molecule has 1 unspecified atom stereocenters. The number of phosphoric acid groups is 1. The SMILES string of the molecule is Cc1cc(O/C(C(=N)C2CC2)=C(\COP(=O)(O)O)[NH2+]CS(C)=O)cc(C)c1C#N. The highest BCUT2D eigenvalue weighted by Crippen LogP contribution is 2.37. The number of phosphoric ester groups is 1. The summed E-state index contributed by atoms with van der Waals surface area (Å²) in [6, 6.07) is 5.47. The summed E-state index contributed by atoms with van der Waals surface area (Å²) in [5.41, 5.74) is 2.42. The van der Waals surface area contributed by atoms with Crippen molar-refractivity contribution in [3.63, 3.8) is 0 Å². The van der Waals surface area contributed by atoms with Crippen LogP contribution < -0.4 is 10.1 Å². The van der Waals surface area contributed by atoms with Crippen LogP contribution in [0.3, 0.4) is 0 Å². The van der Waals surface area contributed by atoms with E-state index in [1.165, 1.54) is 11.6 Å². The summed E-state index contributed by atoms with van der Waals surface area (Å²) in [4.78, 5) is 18.1. The van der Waals surface area contributed by atoms with Crippen molar-refractivity contribution in [2.24, 2.45) is 5.92 Å². The minimum Gasteiger partial charge on any atom is -0.449 e. The van der Waals surface area contributed by atoms with Crippen LogP contribution in [0.15, 0.2) is 23.6 Å². The summed E-state index contributed by atoms with van der Waals surface area (Å²) in [7, 11) is -5.94. The van der Waals surface area contributed by atoms with Gasteiger partial charge in [-0.05, 0) is 49.9 Å². The molecule has 0 spiro atoms. The molecule has 5 N–H and O–H groups in total. The molecule has 29 heavy (non-hydrogen) atoms. The van der Waals surface area contributed by atoms with Crippen LogP contribution in [0.1, 0.15) is 29.5 Å². The maximum absolute atomic E-state index is 11.5. The van der Waals surface area contributed by atoms with Crippen LogP contribution >= 0.6 is 7.82 Å². The highest BCUT2D eigenvalue weighted by Gasteiger charge is 2.34. The highest BCUT2D eigenvalue weighted by atomic mass is 32.2. The molecule has 0 amide bonds. The van der Waals surface area contributed by atoms with Crippen molar-refractivity contribution >= 4 is 24.3 Å². The highest BCUT2D eigenvalue weighted by molar-refractivity contribution is 7.83. The van der Waals surface area contributed by atoms with Crippen molar-refractivity contribution in [3.8, 4) is 11.8 Å². The first kappa shape index (κ1) is 23.4. The Balaban J connectivity index is 2.45. The number of aryl methyl sites for hydroxylation is 2. The number of nitriles is 1. The Bertz CT molecular complexity index is 922. The van der Waals surface area contributed by atoms with E-state index in [4.69, 9.17) is 19.9 Å². The lowest BCUT2D eigenvalue weighted by molar-refractivity contribution is -0.591. The van der Waals surface area contributed by atoms with Crippen LogP contribution in [0.25, 0.3) is 0 Å². The zero-order valence-corrected chi connectivity index (χ0v) is 18.2. The molecule has 0 saturated heterocycles. The van der Waals surface area contributed by atoms with Crippen LogP contribution in [0.2, 0.25) is 0 Å². The first-order valence-corrected chi connectivity index (χ1v) is 12.1. The summed E-state index contributed by atoms with van der Waals surface area (Å²) in [5.74, 6) is 0.654. The predicted octanol–water partition coefficient (Wildman–Crippen LogP) is 1.20. The van der Waals surface area contributed by atoms with Gasteiger partial charge in [-0.25, -0.2) is 4.57 Å². The van der Waals surface area contributed by atoms with E-state index in [2.05, 4.69) is 10.6 Å². The van der Waals surface area contributed by atoms with Gasteiger partial charge in [-0.1, -0.05) is 0 Å². The molecule has 1 atom stereocenters. The Morgan fingerprint density at radius 3 is 2.41 bits per heavy atom. The second-order valence-corrected chi connectivity index (χ2v) is 9.62. The fraction of sp³-hybridized carbons (Fsp3) is 0.444. The number of ether oxygens (including phenoxy) is 1. The topological polar surface area (TPSA) is 157 Å². The maximum Gasteiger partial charge on any atom is 0.470 e.